The molecule has 0 aliphatic carbocycles. The number of para-hydroxylation sites is 2. The van der Waals surface area contributed by atoms with Gasteiger partial charge in [0.15, 0.2) is 0 Å². The Morgan fingerprint density at radius 1 is 1.29 bits per heavy atom. The van der Waals surface area contributed by atoms with Gasteiger partial charge in [-0.3, -0.25) is 14.6 Å². The van der Waals surface area contributed by atoms with E-state index in [2.05, 4.69) is 10.3 Å². The number of aromatic nitrogens is 1. The molecule has 1 fully saturated rings. The average Bonchev–Trinajstić information content (AvgIpc) is 2.96. The fourth-order valence-electron chi connectivity index (χ4n) is 2.84. The second-order valence-electron chi connectivity index (χ2n) is 5.60. The van der Waals surface area contributed by atoms with Gasteiger partial charge in [0.2, 0.25) is 11.8 Å². The lowest BCUT2D eigenvalue weighted by atomic mass is 10.1. The quantitative estimate of drug-likeness (QED) is 0.905. The monoisotopic (exact) mass is 325 g/mol. The third kappa shape index (κ3) is 3.37. The van der Waals surface area contributed by atoms with E-state index in [4.69, 9.17) is 4.74 Å². The van der Waals surface area contributed by atoms with Crippen LogP contribution >= 0.6 is 0 Å². The maximum absolute atomic E-state index is 12.6. The van der Waals surface area contributed by atoms with Gasteiger partial charge < -0.3 is 15.0 Å². The zero-order valence-corrected chi connectivity index (χ0v) is 13.4. The average molecular weight is 325 g/mol. The van der Waals surface area contributed by atoms with Crippen molar-refractivity contribution in [1.82, 2.24) is 10.3 Å². The van der Waals surface area contributed by atoms with Gasteiger partial charge in [0.25, 0.3) is 0 Å². The van der Waals surface area contributed by atoms with Gasteiger partial charge in [-0.25, -0.2) is 0 Å². The Hall–Kier alpha value is -2.89. The van der Waals surface area contributed by atoms with Gasteiger partial charge in [-0.2, -0.15) is 0 Å². The van der Waals surface area contributed by atoms with E-state index in [9.17, 15) is 9.59 Å². The van der Waals surface area contributed by atoms with Crippen molar-refractivity contribution in [3.05, 3.63) is 54.4 Å². The largest absolute Gasteiger partial charge is 0.495 e. The number of nitrogens with one attached hydrogen (secondary N) is 1. The van der Waals surface area contributed by atoms with Crippen LogP contribution in [0.4, 0.5) is 5.69 Å². The fourth-order valence-corrected chi connectivity index (χ4v) is 2.84. The zero-order valence-electron chi connectivity index (χ0n) is 13.4. The Morgan fingerprint density at radius 2 is 2.04 bits per heavy atom. The van der Waals surface area contributed by atoms with Crippen LogP contribution in [0.5, 0.6) is 5.75 Å². The number of hydrogen-bond acceptors (Lipinski definition) is 4. The second kappa shape index (κ2) is 7.12. The Labute approximate surface area is 140 Å². The molecule has 1 atom stereocenters. The summed E-state index contributed by atoms with van der Waals surface area (Å²) in [7, 11) is 1.58. The molecular weight excluding hydrogens is 306 g/mol. The summed E-state index contributed by atoms with van der Waals surface area (Å²) in [6.07, 6.45) is 4.11. The molecule has 24 heavy (non-hydrogen) atoms. The van der Waals surface area contributed by atoms with Crippen molar-refractivity contribution in [3.8, 4) is 5.75 Å². The number of ether oxygens (including phenoxy) is 1. The minimum absolute atomic E-state index is 0.109. The molecule has 6 heteroatoms. The maximum Gasteiger partial charge on any atom is 0.249 e. The van der Waals surface area contributed by atoms with Crippen molar-refractivity contribution in [1.29, 1.82) is 0 Å². The number of hydrogen-bond donors (Lipinski definition) is 1. The van der Waals surface area contributed by atoms with Gasteiger partial charge in [0.1, 0.15) is 11.8 Å². The highest BCUT2D eigenvalue weighted by Crippen LogP contribution is 2.30. The Kier molecular flexibility index (Phi) is 4.74. The highest BCUT2D eigenvalue weighted by molar-refractivity contribution is 6.02. The van der Waals surface area contributed by atoms with Gasteiger partial charge >= 0.3 is 0 Å². The van der Waals surface area contributed by atoms with Crippen LogP contribution in [-0.2, 0) is 16.0 Å². The van der Waals surface area contributed by atoms with E-state index in [1.807, 2.05) is 24.3 Å². The van der Waals surface area contributed by atoms with E-state index in [1.54, 1.807) is 36.5 Å². The molecule has 6 nitrogen and oxygen atoms in total. The molecule has 0 radical (unpaired) electrons. The topological polar surface area (TPSA) is 71.5 Å². The van der Waals surface area contributed by atoms with Crippen LogP contribution in [-0.4, -0.2) is 36.5 Å². The third-order valence-corrected chi connectivity index (χ3v) is 4.03. The number of pyridine rings is 1. The molecule has 0 spiro atoms. The van der Waals surface area contributed by atoms with Crippen molar-refractivity contribution in [2.45, 2.75) is 18.9 Å². The van der Waals surface area contributed by atoms with Crippen LogP contribution in [0.25, 0.3) is 0 Å². The van der Waals surface area contributed by atoms with E-state index in [0.717, 1.165) is 11.3 Å². The predicted molar refractivity (Wildman–Crippen MR) is 89.8 cm³/mol. The number of anilines is 1. The van der Waals surface area contributed by atoms with Crippen LogP contribution in [0.1, 0.15) is 12.0 Å². The lowest BCUT2D eigenvalue weighted by Gasteiger charge is -2.19. The first kappa shape index (κ1) is 16.0. The highest BCUT2D eigenvalue weighted by Gasteiger charge is 2.34. The molecule has 1 unspecified atom stereocenters. The van der Waals surface area contributed by atoms with Crippen LogP contribution < -0.4 is 15.0 Å². The van der Waals surface area contributed by atoms with Crippen LogP contribution in [0.2, 0.25) is 0 Å². The Bertz CT molecular complexity index is 733. The van der Waals surface area contributed by atoms with E-state index in [0.29, 0.717) is 18.7 Å². The van der Waals surface area contributed by atoms with Crippen molar-refractivity contribution >= 4 is 17.5 Å². The van der Waals surface area contributed by atoms with E-state index < -0.39 is 6.04 Å². The molecule has 124 valence electrons. The SMILES string of the molecule is COc1ccccc1N1CCC(NC(=O)Cc2ccncc2)C1=O. The lowest BCUT2D eigenvalue weighted by Crippen LogP contribution is -2.42. The molecule has 2 aromatic rings. The molecule has 0 bridgehead atoms. The Morgan fingerprint density at radius 3 is 2.79 bits per heavy atom. The van der Waals surface area contributed by atoms with Crippen molar-refractivity contribution in [2.75, 3.05) is 18.6 Å². The smallest absolute Gasteiger partial charge is 0.249 e. The summed E-state index contributed by atoms with van der Waals surface area (Å²) >= 11 is 0. The van der Waals surface area contributed by atoms with Crippen LogP contribution in [0, 0.1) is 0 Å². The van der Waals surface area contributed by atoms with E-state index >= 15 is 0 Å². The molecule has 1 aromatic heterocycles. The fraction of sp³-hybridized carbons (Fsp3) is 0.278. The van der Waals surface area contributed by atoms with Crippen molar-refractivity contribution < 1.29 is 14.3 Å². The van der Waals surface area contributed by atoms with Gasteiger partial charge in [-0.05, 0) is 36.2 Å². The number of nitrogens with zero attached hydrogens (tertiary/aromatic N) is 2. The maximum atomic E-state index is 12.6. The van der Waals surface area contributed by atoms with Crippen LogP contribution in [0.15, 0.2) is 48.8 Å². The standard InChI is InChI=1S/C18H19N3O3/c1-24-16-5-3-2-4-15(16)21-11-8-14(18(21)23)20-17(22)12-13-6-9-19-10-7-13/h2-7,9-10,14H,8,11-12H2,1H3,(H,20,22). The van der Waals surface area contributed by atoms with Crippen molar-refractivity contribution in [3.63, 3.8) is 0 Å². The number of methoxy groups -OCH3 is 1. The summed E-state index contributed by atoms with van der Waals surface area (Å²) in [4.78, 5) is 30.3. The number of benzene rings is 1. The van der Waals surface area contributed by atoms with Crippen molar-refractivity contribution in [2.24, 2.45) is 0 Å². The third-order valence-electron chi connectivity index (χ3n) is 4.03. The molecule has 3 rings (SSSR count). The summed E-state index contributed by atoms with van der Waals surface area (Å²) in [6, 6.07) is 10.5. The molecule has 1 saturated heterocycles. The number of carbonyl (C=O) groups excluding carboxylic acids is 2. The summed E-state index contributed by atoms with van der Waals surface area (Å²) < 4.78 is 5.31. The first-order valence-electron chi connectivity index (χ1n) is 7.81. The molecule has 1 N–H and O–H groups in total. The summed E-state index contributed by atoms with van der Waals surface area (Å²) in [5, 5.41) is 2.82. The van der Waals surface area contributed by atoms with Gasteiger partial charge in [0.05, 0.1) is 19.2 Å². The first-order valence-corrected chi connectivity index (χ1v) is 7.81. The summed E-state index contributed by atoms with van der Waals surface area (Å²) in [6.45, 7) is 0.555. The molecular formula is C18H19N3O3. The molecule has 2 heterocycles. The molecule has 1 aliphatic heterocycles. The molecule has 2 amide bonds. The van der Waals surface area contributed by atoms with Gasteiger partial charge in [0, 0.05) is 18.9 Å². The van der Waals surface area contributed by atoms with Gasteiger partial charge in [-0.15, -0.1) is 0 Å². The lowest BCUT2D eigenvalue weighted by molar-refractivity contribution is -0.126. The van der Waals surface area contributed by atoms with Gasteiger partial charge in [-0.1, -0.05) is 12.1 Å². The summed E-state index contributed by atoms with van der Waals surface area (Å²) in [5.74, 6) is 0.374. The molecule has 0 saturated carbocycles. The minimum atomic E-state index is -0.496. The van der Waals surface area contributed by atoms with Crippen LogP contribution in [0.3, 0.4) is 0 Å². The van der Waals surface area contributed by atoms with E-state index in [-0.39, 0.29) is 18.2 Å². The first-order chi connectivity index (χ1) is 11.7. The number of rotatable bonds is 5. The Balaban J connectivity index is 1.65. The number of carbonyl (C=O) groups is 2. The number of amides is 2. The molecule has 1 aromatic carbocycles. The minimum Gasteiger partial charge on any atom is -0.495 e. The summed E-state index contributed by atoms with van der Waals surface area (Å²) in [5.41, 5.74) is 1.60. The normalized spacial score (nSPS) is 17.0. The predicted octanol–water partition coefficient (Wildman–Crippen LogP) is 1.55. The van der Waals surface area contributed by atoms with E-state index in [1.165, 1.54) is 0 Å². The zero-order chi connectivity index (χ0) is 16.9. The second-order valence-corrected chi connectivity index (χ2v) is 5.60. The highest BCUT2D eigenvalue weighted by atomic mass is 16.5. The molecule has 1 aliphatic rings.